The Morgan fingerprint density at radius 1 is 1.44 bits per heavy atom. The van der Waals surface area contributed by atoms with Gasteiger partial charge in [0.2, 0.25) is 0 Å². The summed E-state index contributed by atoms with van der Waals surface area (Å²) < 4.78 is 5.31. The van der Waals surface area contributed by atoms with E-state index in [9.17, 15) is 5.26 Å². The standard InChI is InChI=1S/C13H14N4O/c1-13(8-14,7-12-15-9-16-17-12)10-5-3-4-6-11(10)18-2/h3-6,9H,7H2,1-2H3,(H,15,16,17). The monoisotopic (exact) mass is 242 g/mol. The summed E-state index contributed by atoms with van der Waals surface area (Å²) in [6.45, 7) is 1.86. The van der Waals surface area contributed by atoms with Gasteiger partial charge in [0.15, 0.2) is 5.82 Å². The highest BCUT2D eigenvalue weighted by molar-refractivity contribution is 5.43. The number of aromatic nitrogens is 3. The maximum absolute atomic E-state index is 9.49. The number of para-hydroxylation sites is 1. The number of methoxy groups -OCH3 is 1. The van der Waals surface area contributed by atoms with E-state index in [-0.39, 0.29) is 0 Å². The van der Waals surface area contributed by atoms with E-state index in [4.69, 9.17) is 4.74 Å². The molecule has 0 aliphatic heterocycles. The molecule has 1 aromatic carbocycles. The van der Waals surface area contributed by atoms with Gasteiger partial charge in [-0.1, -0.05) is 18.2 Å². The predicted octanol–water partition coefficient (Wildman–Crippen LogP) is 1.84. The van der Waals surface area contributed by atoms with Crippen LogP contribution >= 0.6 is 0 Å². The van der Waals surface area contributed by atoms with Gasteiger partial charge in [-0.25, -0.2) is 4.98 Å². The van der Waals surface area contributed by atoms with Gasteiger partial charge in [0, 0.05) is 12.0 Å². The first-order chi connectivity index (χ1) is 8.69. The van der Waals surface area contributed by atoms with Crippen molar-refractivity contribution >= 4 is 0 Å². The Balaban J connectivity index is 2.40. The molecule has 0 aliphatic rings. The van der Waals surface area contributed by atoms with Crippen LogP contribution in [0.5, 0.6) is 5.75 Å². The molecule has 0 aliphatic carbocycles. The highest BCUT2D eigenvalue weighted by Gasteiger charge is 2.31. The maximum Gasteiger partial charge on any atom is 0.152 e. The molecule has 5 heteroatoms. The smallest absolute Gasteiger partial charge is 0.152 e. The van der Waals surface area contributed by atoms with E-state index in [1.54, 1.807) is 7.11 Å². The van der Waals surface area contributed by atoms with Crippen molar-refractivity contribution in [2.45, 2.75) is 18.8 Å². The summed E-state index contributed by atoms with van der Waals surface area (Å²) in [7, 11) is 1.60. The summed E-state index contributed by atoms with van der Waals surface area (Å²) in [4.78, 5) is 4.07. The van der Waals surface area contributed by atoms with E-state index in [0.29, 0.717) is 18.0 Å². The first-order valence-corrected chi connectivity index (χ1v) is 5.59. The van der Waals surface area contributed by atoms with Crippen LogP contribution in [0.15, 0.2) is 30.6 Å². The lowest BCUT2D eigenvalue weighted by Gasteiger charge is -2.22. The topological polar surface area (TPSA) is 74.6 Å². The van der Waals surface area contributed by atoms with Crippen LogP contribution in [-0.2, 0) is 11.8 Å². The van der Waals surface area contributed by atoms with Crippen LogP contribution in [0.1, 0.15) is 18.3 Å². The van der Waals surface area contributed by atoms with Crippen LogP contribution in [0.4, 0.5) is 0 Å². The first-order valence-electron chi connectivity index (χ1n) is 5.59. The zero-order valence-corrected chi connectivity index (χ0v) is 10.3. The lowest BCUT2D eigenvalue weighted by atomic mass is 9.80. The Hall–Kier alpha value is -2.35. The van der Waals surface area contributed by atoms with Crippen LogP contribution in [0, 0.1) is 11.3 Å². The van der Waals surface area contributed by atoms with Crippen molar-refractivity contribution in [2.24, 2.45) is 0 Å². The number of hydrogen-bond acceptors (Lipinski definition) is 4. The van der Waals surface area contributed by atoms with Gasteiger partial charge in [0.05, 0.1) is 18.6 Å². The number of nitrogens with one attached hydrogen (secondary N) is 1. The largest absolute Gasteiger partial charge is 0.496 e. The third kappa shape index (κ3) is 2.18. The van der Waals surface area contributed by atoms with Crippen LogP contribution in [0.2, 0.25) is 0 Å². The fourth-order valence-corrected chi connectivity index (χ4v) is 1.93. The minimum absolute atomic E-state index is 0.438. The van der Waals surface area contributed by atoms with Crippen LogP contribution in [0.25, 0.3) is 0 Å². The van der Waals surface area contributed by atoms with E-state index < -0.39 is 5.41 Å². The lowest BCUT2D eigenvalue weighted by molar-refractivity contribution is 0.399. The quantitative estimate of drug-likeness (QED) is 0.887. The van der Waals surface area contributed by atoms with Gasteiger partial charge in [-0.3, -0.25) is 5.10 Å². The molecule has 92 valence electrons. The molecule has 0 spiro atoms. The summed E-state index contributed by atoms with van der Waals surface area (Å²) in [5.74, 6) is 1.32. The number of aromatic amines is 1. The number of rotatable bonds is 4. The molecule has 0 amide bonds. The maximum atomic E-state index is 9.49. The van der Waals surface area contributed by atoms with E-state index in [1.165, 1.54) is 6.33 Å². The van der Waals surface area contributed by atoms with Crippen LogP contribution < -0.4 is 4.74 Å². The van der Waals surface area contributed by atoms with E-state index in [0.717, 1.165) is 5.56 Å². The Bertz CT molecular complexity index is 559. The van der Waals surface area contributed by atoms with Gasteiger partial charge in [0.1, 0.15) is 12.1 Å². The second kappa shape index (κ2) is 4.88. The Morgan fingerprint density at radius 3 is 2.83 bits per heavy atom. The Kier molecular flexibility index (Phi) is 3.28. The van der Waals surface area contributed by atoms with E-state index in [2.05, 4.69) is 21.3 Å². The number of benzene rings is 1. The third-order valence-electron chi connectivity index (χ3n) is 2.92. The van der Waals surface area contributed by atoms with Crippen LogP contribution in [-0.4, -0.2) is 22.3 Å². The minimum atomic E-state index is -0.713. The van der Waals surface area contributed by atoms with Crippen molar-refractivity contribution in [1.82, 2.24) is 15.2 Å². The van der Waals surface area contributed by atoms with Crippen molar-refractivity contribution in [2.75, 3.05) is 7.11 Å². The zero-order chi connectivity index (χ0) is 13.0. The molecule has 0 saturated heterocycles. The van der Waals surface area contributed by atoms with E-state index in [1.807, 2.05) is 31.2 Å². The molecule has 2 rings (SSSR count). The Labute approximate surface area is 105 Å². The summed E-state index contributed by atoms with van der Waals surface area (Å²) in [6, 6.07) is 9.86. The second-order valence-corrected chi connectivity index (χ2v) is 4.24. The van der Waals surface area contributed by atoms with Crippen molar-refractivity contribution in [3.8, 4) is 11.8 Å². The summed E-state index contributed by atoms with van der Waals surface area (Å²) in [5, 5.41) is 16.1. The summed E-state index contributed by atoms with van der Waals surface area (Å²) in [5.41, 5.74) is 0.134. The molecule has 1 aromatic heterocycles. The van der Waals surface area contributed by atoms with Gasteiger partial charge in [-0.05, 0) is 13.0 Å². The van der Waals surface area contributed by atoms with Gasteiger partial charge >= 0.3 is 0 Å². The molecular formula is C13H14N4O. The first kappa shape index (κ1) is 12.1. The fraction of sp³-hybridized carbons (Fsp3) is 0.308. The van der Waals surface area contributed by atoms with Gasteiger partial charge in [-0.15, -0.1) is 0 Å². The van der Waals surface area contributed by atoms with E-state index >= 15 is 0 Å². The van der Waals surface area contributed by atoms with Crippen molar-refractivity contribution < 1.29 is 4.74 Å². The Morgan fingerprint density at radius 2 is 2.22 bits per heavy atom. The van der Waals surface area contributed by atoms with Crippen molar-refractivity contribution in [3.63, 3.8) is 0 Å². The lowest BCUT2D eigenvalue weighted by Crippen LogP contribution is -2.24. The zero-order valence-electron chi connectivity index (χ0n) is 10.3. The SMILES string of the molecule is COc1ccccc1C(C)(C#N)Cc1nc[nH]n1. The number of nitrogens with zero attached hydrogens (tertiary/aromatic N) is 3. The molecule has 0 bridgehead atoms. The van der Waals surface area contributed by atoms with Gasteiger partial charge in [0.25, 0.3) is 0 Å². The van der Waals surface area contributed by atoms with Crippen molar-refractivity contribution in [1.29, 1.82) is 5.26 Å². The van der Waals surface area contributed by atoms with Gasteiger partial charge in [-0.2, -0.15) is 10.4 Å². The molecule has 18 heavy (non-hydrogen) atoms. The molecule has 0 saturated carbocycles. The predicted molar refractivity (Wildman–Crippen MR) is 66.0 cm³/mol. The average Bonchev–Trinajstić information content (AvgIpc) is 2.91. The average molecular weight is 242 g/mol. The molecule has 1 N–H and O–H groups in total. The molecule has 1 unspecified atom stereocenters. The summed E-state index contributed by atoms with van der Waals surface area (Å²) in [6.07, 6.45) is 1.95. The molecule has 1 atom stereocenters. The number of ether oxygens (including phenoxy) is 1. The molecule has 5 nitrogen and oxygen atoms in total. The third-order valence-corrected chi connectivity index (χ3v) is 2.92. The molecule has 0 radical (unpaired) electrons. The highest BCUT2D eigenvalue weighted by Crippen LogP contribution is 2.33. The molecular weight excluding hydrogens is 228 g/mol. The van der Waals surface area contributed by atoms with Gasteiger partial charge < -0.3 is 4.74 Å². The number of nitriles is 1. The fourth-order valence-electron chi connectivity index (χ4n) is 1.93. The van der Waals surface area contributed by atoms with Crippen molar-refractivity contribution in [3.05, 3.63) is 42.0 Å². The second-order valence-electron chi connectivity index (χ2n) is 4.24. The minimum Gasteiger partial charge on any atom is -0.496 e. The number of hydrogen-bond donors (Lipinski definition) is 1. The van der Waals surface area contributed by atoms with Crippen LogP contribution in [0.3, 0.4) is 0 Å². The molecule has 2 aromatic rings. The highest BCUT2D eigenvalue weighted by atomic mass is 16.5. The molecule has 0 fully saturated rings. The summed E-state index contributed by atoms with van der Waals surface area (Å²) >= 11 is 0. The number of H-pyrrole nitrogens is 1. The molecule has 1 heterocycles. The normalized spacial score (nSPS) is 13.6.